The zero-order chi connectivity index (χ0) is 22.3. The number of fused-ring (bicyclic) bond motifs is 1. The summed E-state index contributed by atoms with van der Waals surface area (Å²) in [5.74, 6) is -0.809. The minimum atomic E-state index is -0.872. The van der Waals surface area contributed by atoms with Gasteiger partial charge in [-0.15, -0.1) is 0 Å². The number of amides is 2. The molecule has 31 heavy (non-hydrogen) atoms. The van der Waals surface area contributed by atoms with E-state index in [-0.39, 0.29) is 23.6 Å². The van der Waals surface area contributed by atoms with Crippen molar-refractivity contribution < 1.29 is 18.9 Å². The lowest BCUT2D eigenvalue weighted by Gasteiger charge is -2.10. The van der Waals surface area contributed by atoms with E-state index in [1.807, 2.05) is 0 Å². The number of benzene rings is 2. The minimum Gasteiger partial charge on any atom is -0.326 e. The quantitative estimate of drug-likeness (QED) is 0.479. The van der Waals surface area contributed by atoms with Crippen LogP contribution in [-0.2, 0) is 9.59 Å². The van der Waals surface area contributed by atoms with Gasteiger partial charge in [-0.3, -0.25) is 19.7 Å². The molecule has 0 spiro atoms. The van der Waals surface area contributed by atoms with Crippen molar-refractivity contribution in [1.82, 2.24) is 9.78 Å². The van der Waals surface area contributed by atoms with E-state index in [4.69, 9.17) is 0 Å². The van der Waals surface area contributed by atoms with Gasteiger partial charge in [-0.05, 0) is 37.6 Å². The smallest absolute Gasteiger partial charge is 0.274 e. The van der Waals surface area contributed by atoms with Gasteiger partial charge >= 0.3 is 0 Å². The maximum absolute atomic E-state index is 13.3. The van der Waals surface area contributed by atoms with Gasteiger partial charge in [0.25, 0.3) is 11.6 Å². The molecule has 1 atom stereocenters. The Kier molecular flexibility index (Phi) is 4.97. The van der Waals surface area contributed by atoms with Crippen molar-refractivity contribution in [1.29, 1.82) is 0 Å². The SMILES string of the molecule is Cc1ccc(NC(=O)CC2C(=O)Nc3c(-c4ccc(F)cc4)c(C)nn32)cc1[N+](=O)[O-]. The van der Waals surface area contributed by atoms with Gasteiger partial charge in [0, 0.05) is 22.9 Å². The summed E-state index contributed by atoms with van der Waals surface area (Å²) in [6.07, 6.45) is -0.204. The van der Waals surface area contributed by atoms with Crippen LogP contribution in [0.25, 0.3) is 11.1 Å². The number of halogens is 1. The van der Waals surface area contributed by atoms with Gasteiger partial charge in [-0.2, -0.15) is 5.10 Å². The number of nitro groups is 1. The van der Waals surface area contributed by atoms with E-state index < -0.39 is 22.8 Å². The van der Waals surface area contributed by atoms with E-state index in [1.54, 1.807) is 38.1 Å². The van der Waals surface area contributed by atoms with Crippen LogP contribution >= 0.6 is 0 Å². The topological polar surface area (TPSA) is 119 Å². The Balaban J connectivity index is 1.56. The largest absolute Gasteiger partial charge is 0.326 e. The predicted octanol–water partition coefficient (Wildman–Crippen LogP) is 3.74. The van der Waals surface area contributed by atoms with E-state index in [2.05, 4.69) is 15.7 Å². The third-order valence-electron chi connectivity index (χ3n) is 5.13. The number of anilines is 2. The first kappa shape index (κ1) is 20.2. The maximum atomic E-state index is 13.3. The molecule has 1 aliphatic rings. The Morgan fingerprint density at radius 2 is 1.97 bits per heavy atom. The van der Waals surface area contributed by atoms with Gasteiger partial charge in [0.2, 0.25) is 5.91 Å². The number of hydrogen-bond donors (Lipinski definition) is 2. The second-order valence-corrected chi connectivity index (χ2v) is 7.28. The summed E-state index contributed by atoms with van der Waals surface area (Å²) in [5.41, 5.74) is 2.61. The second kappa shape index (κ2) is 7.63. The third kappa shape index (κ3) is 3.75. The molecule has 0 saturated heterocycles. The molecule has 2 heterocycles. The molecule has 2 amide bonds. The van der Waals surface area contributed by atoms with Gasteiger partial charge in [0.05, 0.1) is 17.0 Å². The molecule has 1 unspecified atom stereocenters. The molecule has 1 aliphatic heterocycles. The van der Waals surface area contributed by atoms with E-state index in [0.29, 0.717) is 28.2 Å². The van der Waals surface area contributed by atoms with Crippen LogP contribution in [0.3, 0.4) is 0 Å². The van der Waals surface area contributed by atoms with Crippen LogP contribution in [0.5, 0.6) is 0 Å². The first-order valence-electron chi connectivity index (χ1n) is 9.45. The average molecular weight is 423 g/mol. The third-order valence-corrected chi connectivity index (χ3v) is 5.13. The van der Waals surface area contributed by atoms with Crippen LogP contribution in [0, 0.1) is 29.8 Å². The van der Waals surface area contributed by atoms with Crippen LogP contribution in [0.15, 0.2) is 42.5 Å². The number of aromatic nitrogens is 2. The van der Waals surface area contributed by atoms with Crippen LogP contribution in [-0.4, -0.2) is 26.5 Å². The fraction of sp³-hybridized carbons (Fsp3) is 0.190. The molecule has 3 aromatic rings. The van der Waals surface area contributed by atoms with Crippen LogP contribution in [0.4, 0.5) is 21.6 Å². The van der Waals surface area contributed by atoms with Crippen molar-refractivity contribution in [3.8, 4) is 11.1 Å². The van der Waals surface area contributed by atoms with Gasteiger partial charge in [-0.1, -0.05) is 18.2 Å². The monoisotopic (exact) mass is 423 g/mol. The average Bonchev–Trinajstić information content (AvgIpc) is 3.18. The fourth-order valence-corrected chi connectivity index (χ4v) is 3.62. The second-order valence-electron chi connectivity index (χ2n) is 7.28. The molecule has 2 N–H and O–H groups in total. The fourth-order valence-electron chi connectivity index (χ4n) is 3.62. The highest BCUT2D eigenvalue weighted by Crippen LogP contribution is 2.38. The molecule has 0 saturated carbocycles. The normalized spacial score (nSPS) is 14.8. The number of aryl methyl sites for hydroxylation is 2. The molecular weight excluding hydrogens is 405 g/mol. The van der Waals surface area contributed by atoms with Crippen LogP contribution < -0.4 is 10.6 Å². The molecule has 4 rings (SSSR count). The number of nitrogens with zero attached hydrogens (tertiary/aromatic N) is 3. The van der Waals surface area contributed by atoms with E-state index in [9.17, 15) is 24.1 Å². The standard InChI is InChI=1S/C21H18FN5O4/c1-11-3-8-15(9-16(11)27(30)31)23-18(28)10-17-21(29)24-20-19(12(2)25-26(17)20)13-4-6-14(22)7-5-13/h3-9,17H,10H2,1-2H3,(H,23,28)(H,24,29). The molecule has 0 radical (unpaired) electrons. The zero-order valence-electron chi connectivity index (χ0n) is 16.7. The Labute approximate surface area is 176 Å². The predicted molar refractivity (Wildman–Crippen MR) is 111 cm³/mol. The van der Waals surface area contributed by atoms with E-state index in [1.165, 1.54) is 22.9 Å². The highest BCUT2D eigenvalue weighted by Gasteiger charge is 2.36. The van der Waals surface area contributed by atoms with Gasteiger partial charge < -0.3 is 10.6 Å². The van der Waals surface area contributed by atoms with Crippen molar-refractivity contribution in [2.24, 2.45) is 0 Å². The lowest BCUT2D eigenvalue weighted by atomic mass is 10.1. The summed E-state index contributed by atoms with van der Waals surface area (Å²) >= 11 is 0. The first-order valence-corrected chi connectivity index (χ1v) is 9.45. The number of carbonyl (C=O) groups excluding carboxylic acids is 2. The van der Waals surface area contributed by atoms with Crippen LogP contribution in [0.1, 0.15) is 23.7 Å². The van der Waals surface area contributed by atoms with Crippen molar-refractivity contribution >= 4 is 29.0 Å². The summed E-state index contributed by atoms with van der Waals surface area (Å²) in [4.78, 5) is 35.6. The van der Waals surface area contributed by atoms with E-state index >= 15 is 0 Å². The van der Waals surface area contributed by atoms with E-state index in [0.717, 1.165) is 0 Å². The Morgan fingerprint density at radius 3 is 2.65 bits per heavy atom. The Morgan fingerprint density at radius 1 is 1.26 bits per heavy atom. The minimum absolute atomic E-state index is 0.106. The number of hydrogen-bond acceptors (Lipinski definition) is 5. The maximum Gasteiger partial charge on any atom is 0.274 e. The van der Waals surface area contributed by atoms with Crippen molar-refractivity contribution in [2.75, 3.05) is 10.6 Å². The molecule has 158 valence electrons. The summed E-state index contributed by atoms with van der Waals surface area (Å²) < 4.78 is 14.7. The highest BCUT2D eigenvalue weighted by atomic mass is 19.1. The van der Waals surface area contributed by atoms with Crippen molar-refractivity contribution in [2.45, 2.75) is 26.3 Å². The Bertz CT molecular complexity index is 1220. The van der Waals surface area contributed by atoms with Gasteiger partial charge in [0.15, 0.2) is 0 Å². The first-order chi connectivity index (χ1) is 14.7. The molecular formula is C21H18FN5O4. The van der Waals surface area contributed by atoms with Crippen molar-refractivity contribution in [3.63, 3.8) is 0 Å². The number of nitro benzene ring substituents is 1. The van der Waals surface area contributed by atoms with Crippen LogP contribution in [0.2, 0.25) is 0 Å². The van der Waals surface area contributed by atoms with Crippen molar-refractivity contribution in [3.05, 3.63) is 69.7 Å². The molecule has 10 heteroatoms. The zero-order valence-corrected chi connectivity index (χ0v) is 16.7. The number of nitrogens with one attached hydrogen (secondary N) is 2. The Hall–Kier alpha value is -4.08. The summed E-state index contributed by atoms with van der Waals surface area (Å²) in [6.45, 7) is 3.37. The molecule has 2 aromatic carbocycles. The lowest BCUT2D eigenvalue weighted by Crippen LogP contribution is -2.23. The summed E-state index contributed by atoms with van der Waals surface area (Å²) in [7, 11) is 0. The molecule has 9 nitrogen and oxygen atoms in total. The number of carbonyl (C=O) groups is 2. The summed E-state index contributed by atoms with van der Waals surface area (Å²) in [5, 5.41) is 20.8. The molecule has 0 fully saturated rings. The number of rotatable bonds is 5. The molecule has 1 aromatic heterocycles. The van der Waals surface area contributed by atoms with Gasteiger partial charge in [-0.25, -0.2) is 9.07 Å². The summed E-state index contributed by atoms with van der Waals surface area (Å²) in [6, 6.07) is 9.34. The highest BCUT2D eigenvalue weighted by molar-refractivity contribution is 6.04. The lowest BCUT2D eigenvalue weighted by molar-refractivity contribution is -0.385. The molecule has 0 aliphatic carbocycles. The van der Waals surface area contributed by atoms with Gasteiger partial charge in [0.1, 0.15) is 17.7 Å². The molecule has 0 bridgehead atoms.